The van der Waals surface area contributed by atoms with Gasteiger partial charge in [-0.1, -0.05) is 34.7 Å². The molecule has 0 aliphatic heterocycles. The summed E-state index contributed by atoms with van der Waals surface area (Å²) in [7, 11) is -4.19. The van der Waals surface area contributed by atoms with Gasteiger partial charge in [-0.3, -0.25) is 4.84 Å². The summed E-state index contributed by atoms with van der Waals surface area (Å²) in [5.74, 6) is -1.37. The van der Waals surface area contributed by atoms with Gasteiger partial charge in [0.1, 0.15) is 0 Å². The Hall–Kier alpha value is -3.34. The minimum absolute atomic E-state index is 0. The Morgan fingerprint density at radius 2 is 1.62 bits per heavy atom. The molecule has 3 aromatic rings. The highest BCUT2D eigenvalue weighted by Crippen LogP contribution is 2.33. The molecule has 3 rings (SSSR count). The number of carbonyl (C=O) groups is 1. The number of hydrogen-bond acceptors (Lipinski definition) is 5. The minimum atomic E-state index is -4.67. The van der Waals surface area contributed by atoms with Gasteiger partial charge in [0.15, 0.2) is 12.3 Å². The van der Waals surface area contributed by atoms with E-state index >= 15 is 0 Å². The molecule has 8 N–H and O–H groups in total. The number of halogens is 3. The number of alkyl halides is 3. The van der Waals surface area contributed by atoms with Crippen LogP contribution in [0.2, 0.25) is 0 Å². The maximum atomic E-state index is 13.3. The highest BCUT2D eigenvalue weighted by atomic mass is 32.2. The van der Waals surface area contributed by atoms with E-state index in [9.17, 15) is 26.4 Å². The SMILES string of the molecule is Cc1ccc(-c2cc(C(F)(F)F)nn2-c2ccc(S(=O)(=O)NOCC(=O)O)cc2)cc1.O.O.O. The second-order valence-corrected chi connectivity index (χ2v) is 8.10. The van der Waals surface area contributed by atoms with Crippen molar-refractivity contribution >= 4 is 16.0 Å². The van der Waals surface area contributed by atoms with Gasteiger partial charge in [0.25, 0.3) is 10.0 Å². The Balaban J connectivity index is 0.00000363. The summed E-state index contributed by atoms with van der Waals surface area (Å²) in [5, 5.41) is 12.1. The fraction of sp³-hybridized carbons (Fsp3) is 0.158. The summed E-state index contributed by atoms with van der Waals surface area (Å²) in [5.41, 5.74) is 0.693. The van der Waals surface area contributed by atoms with Crippen molar-refractivity contribution in [3.8, 4) is 16.9 Å². The average molecular weight is 509 g/mol. The van der Waals surface area contributed by atoms with Crippen molar-refractivity contribution < 1.29 is 52.8 Å². The summed E-state index contributed by atoms with van der Waals surface area (Å²) >= 11 is 0. The van der Waals surface area contributed by atoms with Crippen LogP contribution in [0, 0.1) is 6.92 Å². The second-order valence-electron chi connectivity index (χ2n) is 6.45. The minimum Gasteiger partial charge on any atom is -0.479 e. The molecule has 34 heavy (non-hydrogen) atoms. The van der Waals surface area contributed by atoms with E-state index in [1.165, 1.54) is 12.1 Å². The van der Waals surface area contributed by atoms with E-state index in [0.717, 1.165) is 28.4 Å². The van der Waals surface area contributed by atoms with Crippen LogP contribution in [0.15, 0.2) is 59.5 Å². The number of nitrogens with zero attached hydrogens (tertiary/aromatic N) is 2. The molecule has 0 aliphatic carbocycles. The number of nitrogens with one attached hydrogen (secondary N) is 1. The van der Waals surface area contributed by atoms with Crippen LogP contribution in [0.4, 0.5) is 13.2 Å². The van der Waals surface area contributed by atoms with Crippen LogP contribution >= 0.6 is 0 Å². The van der Waals surface area contributed by atoms with Gasteiger partial charge in [-0.05, 0) is 37.3 Å². The number of aliphatic carboxylic acids is 1. The van der Waals surface area contributed by atoms with Gasteiger partial charge in [0.2, 0.25) is 0 Å². The van der Waals surface area contributed by atoms with Gasteiger partial charge >= 0.3 is 12.1 Å². The lowest BCUT2D eigenvalue weighted by Crippen LogP contribution is -2.26. The summed E-state index contributed by atoms with van der Waals surface area (Å²) < 4.78 is 65.1. The topological polar surface area (TPSA) is 205 Å². The zero-order chi connectivity index (χ0) is 22.8. The van der Waals surface area contributed by atoms with E-state index in [-0.39, 0.29) is 32.7 Å². The molecule has 0 atom stereocenters. The maximum absolute atomic E-state index is 13.3. The summed E-state index contributed by atoms with van der Waals surface area (Å²) in [6.45, 7) is 0.959. The number of carboxylic acids is 1. The van der Waals surface area contributed by atoms with Crippen LogP contribution in [-0.2, 0) is 25.8 Å². The monoisotopic (exact) mass is 509 g/mol. The van der Waals surface area contributed by atoms with E-state index in [0.29, 0.717) is 5.56 Å². The standard InChI is InChI=1S/C19H16F3N3O5S.3H2O/c1-12-2-4-13(5-3-12)16-10-17(19(20,21)22)23-25(16)14-6-8-15(9-7-14)31(28,29)24-30-11-18(26)27;;;/h2-10,24H,11H2,1H3,(H,26,27);3*1H2. The molecule has 1 aromatic heterocycles. The molecule has 0 radical (unpaired) electrons. The van der Waals surface area contributed by atoms with Gasteiger partial charge < -0.3 is 21.5 Å². The van der Waals surface area contributed by atoms with E-state index in [1.54, 1.807) is 29.2 Å². The molecule has 0 saturated heterocycles. The van der Waals surface area contributed by atoms with Crippen molar-refractivity contribution in [2.75, 3.05) is 6.61 Å². The van der Waals surface area contributed by atoms with Gasteiger partial charge in [-0.25, -0.2) is 17.9 Å². The number of sulfonamides is 1. The molecule has 0 fully saturated rings. The van der Waals surface area contributed by atoms with Crippen LogP contribution in [0.3, 0.4) is 0 Å². The second kappa shape index (κ2) is 11.7. The first kappa shape index (κ1) is 30.7. The van der Waals surface area contributed by atoms with Crippen molar-refractivity contribution in [3.63, 3.8) is 0 Å². The third-order valence-electron chi connectivity index (χ3n) is 4.10. The molecule has 0 aliphatic rings. The Morgan fingerprint density at radius 1 is 1.06 bits per heavy atom. The van der Waals surface area contributed by atoms with Gasteiger partial charge in [0, 0.05) is 5.56 Å². The third-order valence-corrected chi connectivity index (χ3v) is 5.33. The van der Waals surface area contributed by atoms with Crippen molar-refractivity contribution in [2.45, 2.75) is 18.0 Å². The van der Waals surface area contributed by atoms with Crippen molar-refractivity contribution in [1.29, 1.82) is 0 Å². The lowest BCUT2D eigenvalue weighted by molar-refractivity contribution is -0.143. The van der Waals surface area contributed by atoms with Gasteiger partial charge in [-0.2, -0.15) is 18.3 Å². The van der Waals surface area contributed by atoms with E-state index in [4.69, 9.17) is 5.11 Å². The highest BCUT2D eigenvalue weighted by Gasteiger charge is 2.35. The zero-order valence-corrected chi connectivity index (χ0v) is 18.2. The number of aromatic nitrogens is 2. The van der Waals surface area contributed by atoms with E-state index in [2.05, 4.69) is 9.94 Å². The molecule has 1 heterocycles. The first-order valence-electron chi connectivity index (χ1n) is 8.67. The quantitative estimate of drug-likeness (QED) is 0.438. The Kier molecular flexibility index (Phi) is 10.5. The molecule has 0 saturated carbocycles. The normalized spacial score (nSPS) is 11.1. The largest absolute Gasteiger partial charge is 0.479 e. The lowest BCUT2D eigenvalue weighted by Gasteiger charge is -2.10. The molecule has 188 valence electrons. The fourth-order valence-corrected chi connectivity index (χ4v) is 3.43. The molecule has 0 bridgehead atoms. The maximum Gasteiger partial charge on any atom is 0.435 e. The van der Waals surface area contributed by atoms with Gasteiger partial charge in [-0.15, -0.1) is 0 Å². The summed E-state index contributed by atoms with van der Waals surface area (Å²) in [4.78, 5) is 16.2. The number of aryl methyl sites for hydroxylation is 1. The third kappa shape index (κ3) is 7.08. The Bertz CT molecular complexity index is 1200. The molecule has 11 nitrogen and oxygen atoms in total. The number of benzene rings is 2. The Morgan fingerprint density at radius 3 is 2.12 bits per heavy atom. The number of hydrogen-bond donors (Lipinski definition) is 2. The molecule has 0 spiro atoms. The molecular weight excluding hydrogens is 487 g/mol. The lowest BCUT2D eigenvalue weighted by atomic mass is 10.1. The van der Waals surface area contributed by atoms with Crippen LogP contribution in [0.25, 0.3) is 16.9 Å². The predicted molar refractivity (Wildman–Crippen MR) is 113 cm³/mol. The molecule has 15 heteroatoms. The van der Waals surface area contributed by atoms with Gasteiger partial charge in [0.05, 0.1) is 16.3 Å². The molecule has 2 aromatic carbocycles. The van der Waals surface area contributed by atoms with Crippen LogP contribution < -0.4 is 4.89 Å². The highest BCUT2D eigenvalue weighted by molar-refractivity contribution is 7.89. The van der Waals surface area contributed by atoms with Crippen LogP contribution in [0.1, 0.15) is 11.3 Å². The number of rotatable bonds is 7. The van der Waals surface area contributed by atoms with E-state index in [1.807, 2.05) is 6.92 Å². The number of carboxylic acid groups (broad SMARTS) is 1. The first-order chi connectivity index (χ1) is 14.5. The average Bonchev–Trinajstić information content (AvgIpc) is 3.14. The smallest absolute Gasteiger partial charge is 0.435 e. The zero-order valence-electron chi connectivity index (χ0n) is 17.4. The summed E-state index contributed by atoms with van der Waals surface area (Å²) in [6, 6.07) is 12.5. The first-order valence-corrected chi connectivity index (χ1v) is 10.2. The molecule has 0 unspecified atom stereocenters. The van der Waals surface area contributed by atoms with Crippen molar-refractivity contribution in [1.82, 2.24) is 14.7 Å². The Labute approximate surface area is 191 Å². The van der Waals surface area contributed by atoms with Crippen LogP contribution in [-0.4, -0.2) is 52.3 Å². The molecule has 0 amide bonds. The molecular formula is C19H22F3N3O8S. The predicted octanol–water partition coefficient (Wildman–Crippen LogP) is 0.687. The van der Waals surface area contributed by atoms with Crippen molar-refractivity contribution in [3.05, 3.63) is 65.9 Å². The summed E-state index contributed by atoms with van der Waals surface area (Å²) in [6.07, 6.45) is -4.67. The van der Waals surface area contributed by atoms with E-state index < -0.39 is 34.5 Å². The fourth-order valence-electron chi connectivity index (χ4n) is 2.63. The van der Waals surface area contributed by atoms with Crippen LogP contribution in [0.5, 0.6) is 0 Å². The van der Waals surface area contributed by atoms with Crippen molar-refractivity contribution in [2.24, 2.45) is 0 Å².